The number of rotatable bonds is 1. The number of aryl methyl sites for hydroxylation is 1. The molecule has 54 valence electrons. The molecule has 0 atom stereocenters. The van der Waals surface area contributed by atoms with E-state index in [-0.39, 0.29) is 0 Å². The number of nitrogens with zero attached hydrogens (tertiary/aromatic N) is 4. The van der Waals surface area contributed by atoms with Crippen molar-refractivity contribution in [1.29, 1.82) is 0 Å². The van der Waals surface area contributed by atoms with E-state index in [1.165, 1.54) is 10.9 Å². The summed E-state index contributed by atoms with van der Waals surface area (Å²) in [7, 11) is 1.70. The summed E-state index contributed by atoms with van der Waals surface area (Å²) >= 11 is 3.07. The largest absolute Gasteiger partial charge is 0.411 e. The van der Waals surface area contributed by atoms with Gasteiger partial charge in [0, 0.05) is 7.05 Å². The second kappa shape index (κ2) is 2.78. The number of oxime groups is 1. The van der Waals surface area contributed by atoms with E-state index in [0.29, 0.717) is 10.6 Å². The molecular weight excluding hydrogens is 200 g/mol. The summed E-state index contributed by atoms with van der Waals surface area (Å²) in [4.78, 5) is 3.86. The van der Waals surface area contributed by atoms with Crippen LogP contribution in [0.25, 0.3) is 0 Å². The van der Waals surface area contributed by atoms with Gasteiger partial charge in [-0.3, -0.25) is 0 Å². The molecule has 0 aromatic carbocycles. The smallest absolute Gasteiger partial charge is 0.217 e. The molecule has 0 aliphatic carbocycles. The van der Waals surface area contributed by atoms with Gasteiger partial charge >= 0.3 is 0 Å². The Hall–Kier alpha value is -0.910. The minimum atomic E-state index is 0.477. The van der Waals surface area contributed by atoms with Gasteiger partial charge in [-0.15, -0.1) is 5.10 Å². The Morgan fingerprint density at radius 2 is 2.50 bits per heavy atom. The Kier molecular flexibility index (Phi) is 2.00. The second-order valence-corrected chi connectivity index (χ2v) is 2.32. The highest BCUT2D eigenvalue weighted by molar-refractivity contribution is 9.10. The normalized spacial score (nSPS) is 11.0. The van der Waals surface area contributed by atoms with Crippen LogP contribution in [0.5, 0.6) is 0 Å². The van der Waals surface area contributed by atoms with Crippen molar-refractivity contribution in [1.82, 2.24) is 14.8 Å². The van der Waals surface area contributed by atoms with E-state index in [0.717, 1.165) is 0 Å². The number of hydrogen-bond acceptors (Lipinski definition) is 4. The lowest BCUT2D eigenvalue weighted by Crippen LogP contribution is -1.97. The Morgan fingerprint density at radius 3 is 2.90 bits per heavy atom. The van der Waals surface area contributed by atoms with Crippen LogP contribution in [0.1, 0.15) is 5.82 Å². The molecule has 5 nitrogen and oxygen atoms in total. The van der Waals surface area contributed by atoms with Gasteiger partial charge in [0.05, 0.1) is 0 Å². The molecular formula is C4H5BrN4O. The Labute approximate surface area is 65.5 Å². The van der Waals surface area contributed by atoms with Gasteiger partial charge < -0.3 is 5.21 Å². The van der Waals surface area contributed by atoms with E-state index in [1.54, 1.807) is 7.05 Å². The fourth-order valence-electron chi connectivity index (χ4n) is 0.528. The Morgan fingerprint density at radius 1 is 1.80 bits per heavy atom. The first-order valence-electron chi connectivity index (χ1n) is 2.48. The van der Waals surface area contributed by atoms with Gasteiger partial charge in [0.25, 0.3) is 0 Å². The number of hydrogen-bond donors (Lipinski definition) is 1. The van der Waals surface area contributed by atoms with Crippen LogP contribution in [0.15, 0.2) is 9.89 Å². The summed E-state index contributed by atoms with van der Waals surface area (Å²) in [6.45, 7) is 0. The van der Waals surface area contributed by atoms with Gasteiger partial charge in [0.15, 0.2) is 5.82 Å². The maximum Gasteiger partial charge on any atom is 0.217 e. The lowest BCUT2D eigenvalue weighted by atomic mass is 10.7. The van der Waals surface area contributed by atoms with Crippen molar-refractivity contribution in [2.24, 2.45) is 12.2 Å². The fraction of sp³-hybridized carbons (Fsp3) is 0.250. The molecule has 1 aromatic heterocycles. The summed E-state index contributed by atoms with van der Waals surface area (Å²) in [5.74, 6) is 0.495. The predicted molar refractivity (Wildman–Crippen MR) is 38.1 cm³/mol. The molecule has 1 N–H and O–H groups in total. The third-order valence-corrected chi connectivity index (χ3v) is 1.28. The predicted octanol–water partition coefficient (Wildman–Crippen LogP) is 0.386. The molecule has 6 heteroatoms. The van der Waals surface area contributed by atoms with E-state index in [2.05, 4.69) is 31.2 Å². The summed E-state index contributed by atoms with van der Waals surface area (Å²) in [5, 5.41) is 14.8. The van der Waals surface area contributed by atoms with Gasteiger partial charge in [-0.25, -0.2) is 4.68 Å². The molecule has 0 amide bonds. The highest BCUT2D eigenvalue weighted by atomic mass is 79.9. The van der Waals surface area contributed by atoms with Crippen LogP contribution in [0.3, 0.4) is 0 Å². The first-order chi connectivity index (χ1) is 4.74. The minimum absolute atomic E-state index is 0.477. The molecule has 0 aliphatic rings. The van der Waals surface area contributed by atoms with Crippen LogP contribution in [-0.2, 0) is 7.05 Å². The lowest BCUT2D eigenvalue weighted by Gasteiger charge is -1.86. The Balaban J connectivity index is 3.03. The van der Waals surface area contributed by atoms with E-state index in [9.17, 15) is 0 Å². The summed E-state index contributed by atoms with van der Waals surface area (Å²) in [6, 6.07) is 0. The zero-order chi connectivity index (χ0) is 7.56. The van der Waals surface area contributed by atoms with E-state index < -0.39 is 0 Å². The highest BCUT2D eigenvalue weighted by Crippen LogP contribution is 2.00. The Bertz CT molecular complexity index is 256. The zero-order valence-corrected chi connectivity index (χ0v) is 6.78. The highest BCUT2D eigenvalue weighted by Gasteiger charge is 1.99. The van der Waals surface area contributed by atoms with Gasteiger partial charge in [-0.05, 0) is 15.9 Å². The topological polar surface area (TPSA) is 63.3 Å². The van der Waals surface area contributed by atoms with Crippen molar-refractivity contribution in [3.63, 3.8) is 0 Å². The SMILES string of the molecule is Cn1nc(Br)nc1/C=N/O. The first-order valence-corrected chi connectivity index (χ1v) is 3.27. The van der Waals surface area contributed by atoms with E-state index >= 15 is 0 Å². The molecule has 0 bridgehead atoms. The van der Waals surface area contributed by atoms with Crippen LogP contribution >= 0.6 is 15.9 Å². The maximum absolute atomic E-state index is 8.13. The molecule has 0 spiro atoms. The monoisotopic (exact) mass is 204 g/mol. The van der Waals surface area contributed by atoms with Crippen LogP contribution < -0.4 is 0 Å². The lowest BCUT2D eigenvalue weighted by molar-refractivity contribution is 0.321. The van der Waals surface area contributed by atoms with Crippen LogP contribution in [0, 0.1) is 0 Å². The van der Waals surface area contributed by atoms with Gasteiger partial charge in [0.1, 0.15) is 6.21 Å². The molecule has 1 rings (SSSR count). The second-order valence-electron chi connectivity index (χ2n) is 1.61. The molecule has 1 aromatic rings. The zero-order valence-electron chi connectivity index (χ0n) is 5.19. The third kappa shape index (κ3) is 1.32. The van der Waals surface area contributed by atoms with Gasteiger partial charge in [-0.2, -0.15) is 4.98 Å². The standard InChI is InChI=1S/C4H5BrN4O/c1-9-3(2-6-10)7-4(5)8-9/h2,10H,1H3/b6-2+. The minimum Gasteiger partial charge on any atom is -0.411 e. The molecule has 0 radical (unpaired) electrons. The first kappa shape index (κ1) is 7.20. The van der Waals surface area contributed by atoms with Gasteiger partial charge in [-0.1, -0.05) is 5.16 Å². The quantitative estimate of drug-likeness (QED) is 0.409. The maximum atomic E-state index is 8.13. The van der Waals surface area contributed by atoms with Crippen molar-refractivity contribution in [2.45, 2.75) is 0 Å². The average molecular weight is 205 g/mol. The van der Waals surface area contributed by atoms with Gasteiger partial charge in [0.2, 0.25) is 4.73 Å². The molecule has 0 unspecified atom stereocenters. The summed E-state index contributed by atoms with van der Waals surface area (Å²) < 4.78 is 1.97. The molecule has 1 heterocycles. The molecule has 0 saturated carbocycles. The summed E-state index contributed by atoms with van der Waals surface area (Å²) in [5.41, 5.74) is 0. The fourth-order valence-corrected chi connectivity index (χ4v) is 0.948. The van der Waals surface area contributed by atoms with Crippen molar-refractivity contribution < 1.29 is 5.21 Å². The number of aromatic nitrogens is 3. The number of halogens is 1. The third-order valence-electron chi connectivity index (χ3n) is 0.944. The van der Waals surface area contributed by atoms with Crippen LogP contribution in [0.2, 0.25) is 0 Å². The molecule has 0 fully saturated rings. The molecule has 0 saturated heterocycles. The van der Waals surface area contributed by atoms with Crippen molar-refractivity contribution in [3.05, 3.63) is 10.6 Å². The van der Waals surface area contributed by atoms with E-state index in [1.807, 2.05) is 0 Å². The molecule has 0 aliphatic heterocycles. The average Bonchev–Trinajstić information content (AvgIpc) is 2.13. The van der Waals surface area contributed by atoms with Crippen molar-refractivity contribution in [2.75, 3.05) is 0 Å². The van der Waals surface area contributed by atoms with Crippen LogP contribution in [0.4, 0.5) is 0 Å². The van der Waals surface area contributed by atoms with Crippen molar-refractivity contribution >= 4 is 22.1 Å². The van der Waals surface area contributed by atoms with Crippen molar-refractivity contribution in [3.8, 4) is 0 Å². The van der Waals surface area contributed by atoms with Crippen LogP contribution in [-0.4, -0.2) is 26.2 Å². The van der Waals surface area contributed by atoms with E-state index in [4.69, 9.17) is 5.21 Å². The summed E-state index contributed by atoms with van der Waals surface area (Å²) in [6.07, 6.45) is 1.21. The molecule has 10 heavy (non-hydrogen) atoms.